The smallest absolute Gasteiger partial charge is 0.309 e. The second-order valence-corrected chi connectivity index (χ2v) is 10.5. The molecule has 1 fully saturated rings. The number of rotatable bonds is 6. The van der Waals surface area contributed by atoms with Crippen molar-refractivity contribution in [2.75, 3.05) is 4.90 Å². The summed E-state index contributed by atoms with van der Waals surface area (Å²) in [6, 6.07) is 32.8. The van der Waals surface area contributed by atoms with Gasteiger partial charge in [0.2, 0.25) is 0 Å². The molecule has 0 radical (unpaired) electrons. The summed E-state index contributed by atoms with van der Waals surface area (Å²) in [5.41, 5.74) is 4.18. The number of carbonyl (C=O) groups excluding carboxylic acids is 3. The van der Waals surface area contributed by atoms with Gasteiger partial charge >= 0.3 is 6.03 Å². The fourth-order valence-electron chi connectivity index (χ4n) is 5.01. The quantitative estimate of drug-likeness (QED) is 0.0924. The number of hydrogen-bond acceptors (Lipinski definition) is 5. The molecule has 9 nitrogen and oxygen atoms in total. The fourth-order valence-corrected chi connectivity index (χ4v) is 5.39. The number of benzene rings is 4. The van der Waals surface area contributed by atoms with E-state index in [0.717, 1.165) is 21.7 Å². The van der Waals surface area contributed by atoms with E-state index in [2.05, 4.69) is 21.2 Å². The first kappa shape index (κ1) is 27.6. The monoisotopic (exact) mass is 632 g/mol. The van der Waals surface area contributed by atoms with Gasteiger partial charge < -0.3 is 4.57 Å². The third-order valence-electron chi connectivity index (χ3n) is 6.93. The number of aromatic nitrogens is 1. The zero-order valence-electron chi connectivity index (χ0n) is 22.3. The van der Waals surface area contributed by atoms with E-state index >= 15 is 0 Å². The molecule has 210 valence electrons. The summed E-state index contributed by atoms with van der Waals surface area (Å²) in [6.07, 6.45) is 1.48. The summed E-state index contributed by atoms with van der Waals surface area (Å²) in [4.78, 5) is 51.5. The summed E-state index contributed by atoms with van der Waals surface area (Å²) in [7, 11) is 0. The lowest BCUT2D eigenvalue weighted by Gasteiger charge is -2.26. The van der Waals surface area contributed by atoms with E-state index in [0.29, 0.717) is 27.1 Å². The van der Waals surface area contributed by atoms with Crippen molar-refractivity contribution < 1.29 is 19.3 Å². The Kier molecular flexibility index (Phi) is 7.27. The highest BCUT2D eigenvalue weighted by Crippen LogP contribution is 2.38. The molecule has 1 aliphatic rings. The van der Waals surface area contributed by atoms with Crippen molar-refractivity contribution in [1.82, 2.24) is 9.88 Å². The van der Waals surface area contributed by atoms with Gasteiger partial charge in [0.25, 0.3) is 17.5 Å². The summed E-state index contributed by atoms with van der Waals surface area (Å²) in [5, 5.41) is 13.7. The maximum absolute atomic E-state index is 13.7. The van der Waals surface area contributed by atoms with Gasteiger partial charge in [0.1, 0.15) is 5.57 Å². The first-order valence-electron chi connectivity index (χ1n) is 13.1. The van der Waals surface area contributed by atoms with E-state index in [4.69, 9.17) is 0 Å². The van der Waals surface area contributed by atoms with Crippen LogP contribution in [0.3, 0.4) is 0 Å². The predicted octanol–water partition coefficient (Wildman–Crippen LogP) is 7.15. The van der Waals surface area contributed by atoms with Crippen molar-refractivity contribution in [3.63, 3.8) is 0 Å². The maximum atomic E-state index is 13.7. The third-order valence-corrected chi connectivity index (χ3v) is 7.43. The van der Waals surface area contributed by atoms with Crippen molar-refractivity contribution in [2.24, 2.45) is 0 Å². The minimum atomic E-state index is -0.845. The van der Waals surface area contributed by atoms with Crippen molar-refractivity contribution in [3.8, 4) is 28.2 Å². The molecular formula is C33H21BrN4O5. The van der Waals surface area contributed by atoms with Crippen LogP contribution in [0, 0.1) is 10.1 Å². The molecule has 0 bridgehead atoms. The van der Waals surface area contributed by atoms with Crippen LogP contribution in [0.5, 0.6) is 0 Å². The Hall–Kier alpha value is -5.61. The molecule has 6 rings (SSSR count). The molecule has 1 aliphatic heterocycles. The van der Waals surface area contributed by atoms with E-state index in [9.17, 15) is 24.5 Å². The molecule has 1 aromatic heterocycles. The zero-order valence-corrected chi connectivity index (χ0v) is 23.9. The molecule has 4 amide bonds. The van der Waals surface area contributed by atoms with Crippen molar-refractivity contribution in [2.45, 2.75) is 0 Å². The average Bonchev–Trinajstić information content (AvgIpc) is 3.39. The van der Waals surface area contributed by atoms with Crippen LogP contribution in [0.2, 0.25) is 0 Å². The lowest BCUT2D eigenvalue weighted by molar-refractivity contribution is -0.384. The van der Waals surface area contributed by atoms with Crippen molar-refractivity contribution >= 4 is 51.2 Å². The van der Waals surface area contributed by atoms with E-state index < -0.39 is 22.8 Å². The van der Waals surface area contributed by atoms with Crippen molar-refractivity contribution in [3.05, 3.63) is 141 Å². The first-order chi connectivity index (χ1) is 20.8. The topological polar surface area (TPSA) is 115 Å². The van der Waals surface area contributed by atoms with Gasteiger partial charge in [-0.1, -0.05) is 82.7 Å². The van der Waals surface area contributed by atoms with Gasteiger partial charge in [0, 0.05) is 27.9 Å². The van der Waals surface area contributed by atoms with Gasteiger partial charge in [0.05, 0.1) is 22.0 Å². The Balaban J connectivity index is 1.60. The number of carbonyl (C=O) groups is 3. The number of hydrogen-bond donors (Lipinski definition) is 1. The standard InChI is InChI=1S/C33H21BrN4O5/c34-24-12-7-13-27(20-24)37-32(40)28(31(39)35-33(37)41)18-23-19-29(21-8-3-1-4-9-21)36(30(23)22-10-5-2-6-11-22)25-14-16-26(17-15-25)38(42)43/h1-20H,(H,35,39,41)/b28-18-. The molecule has 0 unspecified atom stereocenters. The summed E-state index contributed by atoms with van der Waals surface area (Å²) >= 11 is 3.36. The van der Waals surface area contributed by atoms with E-state index in [-0.39, 0.29) is 11.3 Å². The van der Waals surface area contributed by atoms with Gasteiger partial charge in [-0.25, -0.2) is 9.69 Å². The molecule has 0 spiro atoms. The second-order valence-electron chi connectivity index (χ2n) is 9.61. The minimum absolute atomic E-state index is 0.0532. The SMILES string of the molecule is O=C1NC(=O)N(c2cccc(Br)c2)C(=O)/C1=C\c1cc(-c2ccccc2)n(-c2ccc([N+](=O)[O-])cc2)c1-c1ccccc1. The summed E-state index contributed by atoms with van der Waals surface area (Å²) < 4.78 is 2.59. The summed E-state index contributed by atoms with van der Waals surface area (Å²) in [5.74, 6) is -1.58. The van der Waals surface area contributed by atoms with Crippen LogP contribution in [0.15, 0.2) is 125 Å². The molecule has 0 atom stereocenters. The number of non-ortho nitro benzene ring substituents is 1. The van der Waals surface area contributed by atoms with E-state index in [1.165, 1.54) is 18.2 Å². The second kappa shape index (κ2) is 11.3. The van der Waals surface area contributed by atoms with Crippen LogP contribution < -0.4 is 10.2 Å². The van der Waals surface area contributed by atoms with Gasteiger partial charge in [-0.15, -0.1) is 0 Å². The molecule has 1 N–H and O–H groups in total. The Morgan fingerprint density at radius 1 is 0.744 bits per heavy atom. The Morgan fingerprint density at radius 2 is 1.40 bits per heavy atom. The van der Waals surface area contributed by atoms with Crippen molar-refractivity contribution in [1.29, 1.82) is 0 Å². The van der Waals surface area contributed by atoms with Crippen LogP contribution in [0.25, 0.3) is 34.3 Å². The normalized spacial score (nSPS) is 14.2. The number of imide groups is 2. The van der Waals surface area contributed by atoms with Crippen LogP contribution in [0.4, 0.5) is 16.2 Å². The van der Waals surface area contributed by atoms with Gasteiger partial charge in [0.15, 0.2) is 0 Å². The lowest BCUT2D eigenvalue weighted by Crippen LogP contribution is -2.54. The molecule has 5 aromatic rings. The molecule has 10 heteroatoms. The third kappa shape index (κ3) is 5.27. The van der Waals surface area contributed by atoms with E-state index in [1.807, 2.05) is 71.3 Å². The molecule has 43 heavy (non-hydrogen) atoms. The first-order valence-corrected chi connectivity index (χ1v) is 13.9. The number of nitrogens with one attached hydrogen (secondary N) is 1. The van der Waals surface area contributed by atoms with Crippen LogP contribution >= 0.6 is 15.9 Å². The molecular weight excluding hydrogens is 612 g/mol. The Labute approximate surface area is 254 Å². The predicted molar refractivity (Wildman–Crippen MR) is 166 cm³/mol. The highest BCUT2D eigenvalue weighted by atomic mass is 79.9. The molecule has 4 aromatic carbocycles. The van der Waals surface area contributed by atoms with Crippen LogP contribution in [0.1, 0.15) is 5.56 Å². The van der Waals surface area contributed by atoms with E-state index in [1.54, 1.807) is 36.4 Å². The van der Waals surface area contributed by atoms with Gasteiger partial charge in [-0.2, -0.15) is 0 Å². The number of amides is 4. The number of anilines is 1. The molecule has 0 saturated carbocycles. The number of barbiturate groups is 1. The number of halogens is 1. The molecule has 1 saturated heterocycles. The number of nitro benzene ring substituents is 1. The largest absolute Gasteiger partial charge is 0.335 e. The highest BCUT2D eigenvalue weighted by Gasteiger charge is 2.37. The number of nitrogens with zero attached hydrogens (tertiary/aromatic N) is 3. The van der Waals surface area contributed by atoms with Crippen LogP contribution in [-0.2, 0) is 9.59 Å². The average molecular weight is 633 g/mol. The fraction of sp³-hybridized carbons (Fsp3) is 0. The number of nitro groups is 1. The molecule has 0 aliphatic carbocycles. The maximum Gasteiger partial charge on any atom is 0.335 e. The van der Waals surface area contributed by atoms with Crippen LogP contribution in [-0.4, -0.2) is 27.3 Å². The number of urea groups is 1. The Morgan fingerprint density at radius 3 is 2.02 bits per heavy atom. The lowest BCUT2D eigenvalue weighted by atomic mass is 10.0. The minimum Gasteiger partial charge on any atom is -0.309 e. The molecule has 2 heterocycles. The van der Waals surface area contributed by atoms with Gasteiger partial charge in [-0.3, -0.25) is 25.0 Å². The highest BCUT2D eigenvalue weighted by molar-refractivity contribution is 9.10. The Bertz CT molecular complexity index is 1930. The zero-order chi connectivity index (χ0) is 30.1. The van der Waals surface area contributed by atoms with Gasteiger partial charge in [-0.05, 0) is 53.6 Å². The summed E-state index contributed by atoms with van der Waals surface area (Å²) in [6.45, 7) is 0.